The molecule has 4 rings (SSSR count). The maximum atomic E-state index is 13.6. The van der Waals surface area contributed by atoms with Crippen molar-refractivity contribution >= 4 is 28.8 Å². The summed E-state index contributed by atoms with van der Waals surface area (Å²) in [5.74, 6) is -0.529. The topological polar surface area (TPSA) is 92.6 Å². The number of hydrogen-bond donors (Lipinski definition) is 1. The lowest BCUT2D eigenvalue weighted by atomic mass is 9.73. The molecule has 0 unspecified atom stereocenters. The molecular weight excluding hydrogens is 406 g/mol. The van der Waals surface area contributed by atoms with Crippen molar-refractivity contribution in [2.24, 2.45) is 11.3 Å². The monoisotopic (exact) mass is 433 g/mol. The van der Waals surface area contributed by atoms with Crippen LogP contribution in [0.3, 0.4) is 0 Å². The Morgan fingerprint density at radius 3 is 2.56 bits per heavy atom. The van der Waals surface area contributed by atoms with Crippen LogP contribution < -0.4 is 10.2 Å². The van der Waals surface area contributed by atoms with Gasteiger partial charge >= 0.3 is 0 Å². The Morgan fingerprint density at radius 1 is 1.16 bits per heavy atom. The molecular formula is C25H27N3O4. The molecule has 2 aromatic rings. The van der Waals surface area contributed by atoms with Gasteiger partial charge in [0.05, 0.1) is 22.3 Å². The van der Waals surface area contributed by atoms with Crippen LogP contribution in [0.25, 0.3) is 0 Å². The number of non-ortho nitro benzene ring substituents is 1. The number of nitro benzene ring substituents is 1. The maximum absolute atomic E-state index is 13.6. The molecule has 166 valence electrons. The van der Waals surface area contributed by atoms with Gasteiger partial charge in [-0.3, -0.25) is 24.6 Å². The van der Waals surface area contributed by atoms with Gasteiger partial charge in [-0.15, -0.1) is 0 Å². The molecule has 0 saturated carbocycles. The van der Waals surface area contributed by atoms with Crippen LogP contribution in [-0.2, 0) is 9.59 Å². The Hall–Kier alpha value is -3.48. The minimum atomic E-state index is -0.750. The number of hydrogen-bond acceptors (Lipinski definition) is 5. The normalized spacial score (nSPS) is 19.7. The van der Waals surface area contributed by atoms with Crippen LogP contribution in [0.1, 0.15) is 52.1 Å². The van der Waals surface area contributed by atoms with Crippen LogP contribution in [-0.4, -0.2) is 16.6 Å². The predicted molar refractivity (Wildman–Crippen MR) is 123 cm³/mol. The van der Waals surface area contributed by atoms with Gasteiger partial charge < -0.3 is 5.32 Å². The second-order valence-corrected chi connectivity index (χ2v) is 9.59. The minimum Gasteiger partial charge on any atom is -0.357 e. The van der Waals surface area contributed by atoms with Crippen molar-refractivity contribution < 1.29 is 14.5 Å². The first-order valence-electron chi connectivity index (χ1n) is 10.8. The van der Waals surface area contributed by atoms with Gasteiger partial charge in [-0.25, -0.2) is 0 Å². The highest BCUT2D eigenvalue weighted by molar-refractivity contribution is 6.06. The SMILES string of the molecule is CC(C)C(=O)N1c2ccccc2NC2=C(C(=O)CC(C)(C)C2)[C@@H]1c1cccc([N+](=O)[O-])c1. The van der Waals surface area contributed by atoms with Crippen LogP contribution in [0.4, 0.5) is 17.1 Å². The van der Waals surface area contributed by atoms with E-state index in [2.05, 4.69) is 5.32 Å². The molecule has 1 heterocycles. The van der Waals surface area contributed by atoms with Crippen molar-refractivity contribution in [1.82, 2.24) is 0 Å². The van der Waals surface area contributed by atoms with E-state index in [0.717, 1.165) is 11.4 Å². The third kappa shape index (κ3) is 3.79. The number of nitrogens with zero attached hydrogens (tertiary/aromatic N) is 2. The lowest BCUT2D eigenvalue weighted by Gasteiger charge is -2.37. The average Bonchev–Trinajstić information content (AvgIpc) is 2.86. The Labute approximate surface area is 187 Å². The van der Waals surface area contributed by atoms with E-state index in [1.54, 1.807) is 17.0 Å². The van der Waals surface area contributed by atoms with Gasteiger partial charge in [0.25, 0.3) is 5.69 Å². The van der Waals surface area contributed by atoms with Crippen molar-refractivity contribution in [2.45, 2.75) is 46.6 Å². The molecule has 0 aromatic heterocycles. The second kappa shape index (κ2) is 7.89. The summed E-state index contributed by atoms with van der Waals surface area (Å²) in [5, 5.41) is 14.9. The minimum absolute atomic E-state index is 0.0466. The number of allylic oxidation sites excluding steroid dienone is 1. The van der Waals surface area contributed by atoms with Gasteiger partial charge in [0.2, 0.25) is 5.91 Å². The van der Waals surface area contributed by atoms with E-state index in [4.69, 9.17) is 0 Å². The number of nitrogens with one attached hydrogen (secondary N) is 1. The fraction of sp³-hybridized carbons (Fsp3) is 0.360. The second-order valence-electron chi connectivity index (χ2n) is 9.59. The largest absolute Gasteiger partial charge is 0.357 e. The highest BCUT2D eigenvalue weighted by Gasteiger charge is 2.43. The average molecular weight is 434 g/mol. The number of benzene rings is 2. The molecule has 0 spiro atoms. The summed E-state index contributed by atoms with van der Waals surface area (Å²) in [6.07, 6.45) is 0.983. The molecule has 0 bridgehead atoms. The van der Waals surface area contributed by atoms with E-state index < -0.39 is 11.0 Å². The zero-order valence-electron chi connectivity index (χ0n) is 18.7. The zero-order valence-corrected chi connectivity index (χ0v) is 18.7. The zero-order chi connectivity index (χ0) is 23.2. The molecule has 32 heavy (non-hydrogen) atoms. The number of nitro groups is 1. The predicted octanol–water partition coefficient (Wildman–Crippen LogP) is 5.39. The van der Waals surface area contributed by atoms with E-state index in [0.29, 0.717) is 29.7 Å². The highest BCUT2D eigenvalue weighted by atomic mass is 16.6. The molecule has 1 amide bonds. The van der Waals surface area contributed by atoms with Gasteiger partial charge in [0, 0.05) is 35.7 Å². The third-order valence-corrected chi connectivity index (χ3v) is 6.03. The number of Topliss-reactive ketones (excluding diaryl/α,β-unsaturated/α-hetero) is 1. The Bertz CT molecular complexity index is 1150. The summed E-state index contributed by atoms with van der Waals surface area (Å²) in [6.45, 7) is 7.73. The summed E-state index contributed by atoms with van der Waals surface area (Å²) in [5.41, 5.74) is 2.92. The van der Waals surface area contributed by atoms with Gasteiger partial charge in [-0.05, 0) is 29.5 Å². The number of fused-ring (bicyclic) bond motifs is 1. The quantitative estimate of drug-likeness (QED) is 0.517. The van der Waals surface area contributed by atoms with Crippen LogP contribution in [0.2, 0.25) is 0 Å². The van der Waals surface area contributed by atoms with E-state index in [-0.39, 0.29) is 28.7 Å². The van der Waals surface area contributed by atoms with Crippen molar-refractivity contribution in [1.29, 1.82) is 0 Å². The molecule has 1 aliphatic carbocycles. The summed E-state index contributed by atoms with van der Waals surface area (Å²) >= 11 is 0. The standard InChI is InChI=1S/C25H27N3O4/c1-15(2)24(30)27-20-11-6-5-10-18(20)26-19-13-25(3,4)14-21(29)22(19)23(27)16-8-7-9-17(12-16)28(31)32/h5-12,15,23,26H,13-14H2,1-4H3/t23-/m0/s1. The van der Waals surface area contributed by atoms with Gasteiger partial charge in [0.15, 0.2) is 5.78 Å². The first-order valence-corrected chi connectivity index (χ1v) is 10.8. The van der Waals surface area contributed by atoms with E-state index in [1.165, 1.54) is 12.1 Å². The van der Waals surface area contributed by atoms with E-state index in [1.807, 2.05) is 52.0 Å². The Kier molecular flexibility index (Phi) is 5.36. The van der Waals surface area contributed by atoms with Gasteiger partial charge in [0.1, 0.15) is 0 Å². The smallest absolute Gasteiger partial charge is 0.269 e. The number of carbonyl (C=O) groups excluding carboxylic acids is 2. The number of amides is 1. The highest BCUT2D eigenvalue weighted by Crippen LogP contribution is 2.48. The molecule has 1 atom stereocenters. The lowest BCUT2D eigenvalue weighted by Crippen LogP contribution is -2.41. The Morgan fingerprint density at radius 2 is 1.88 bits per heavy atom. The van der Waals surface area contributed by atoms with E-state index in [9.17, 15) is 19.7 Å². The third-order valence-electron chi connectivity index (χ3n) is 6.03. The fourth-order valence-electron chi connectivity index (χ4n) is 4.63. The van der Waals surface area contributed by atoms with Crippen molar-refractivity contribution in [2.75, 3.05) is 10.2 Å². The van der Waals surface area contributed by atoms with Gasteiger partial charge in [-0.1, -0.05) is 52.0 Å². The van der Waals surface area contributed by atoms with Crippen LogP contribution in [0.15, 0.2) is 59.8 Å². The molecule has 0 saturated heterocycles. The number of carbonyl (C=O) groups is 2. The van der Waals surface area contributed by atoms with Crippen molar-refractivity contribution in [3.05, 3.63) is 75.5 Å². The number of ketones is 1. The van der Waals surface area contributed by atoms with Crippen molar-refractivity contribution in [3.8, 4) is 0 Å². The number of rotatable bonds is 3. The van der Waals surface area contributed by atoms with E-state index >= 15 is 0 Å². The first kappa shape index (κ1) is 21.7. The van der Waals surface area contributed by atoms with Gasteiger partial charge in [-0.2, -0.15) is 0 Å². The molecule has 7 heteroatoms. The lowest BCUT2D eigenvalue weighted by molar-refractivity contribution is -0.384. The summed E-state index contributed by atoms with van der Waals surface area (Å²) in [7, 11) is 0. The van der Waals surface area contributed by atoms with Crippen LogP contribution >= 0.6 is 0 Å². The maximum Gasteiger partial charge on any atom is 0.269 e. The fourth-order valence-corrected chi connectivity index (χ4v) is 4.63. The Balaban J connectivity index is 2.04. The number of para-hydroxylation sites is 2. The molecule has 0 fully saturated rings. The molecule has 0 radical (unpaired) electrons. The molecule has 2 aromatic carbocycles. The molecule has 7 nitrogen and oxygen atoms in total. The first-order chi connectivity index (χ1) is 15.1. The van der Waals surface area contributed by atoms with Crippen LogP contribution in [0.5, 0.6) is 0 Å². The molecule has 2 aliphatic rings. The summed E-state index contributed by atoms with van der Waals surface area (Å²) in [6, 6.07) is 13.0. The summed E-state index contributed by atoms with van der Waals surface area (Å²) < 4.78 is 0. The summed E-state index contributed by atoms with van der Waals surface area (Å²) in [4.78, 5) is 39.8. The van der Waals surface area contributed by atoms with Crippen LogP contribution in [0, 0.1) is 21.4 Å². The van der Waals surface area contributed by atoms with Crippen molar-refractivity contribution in [3.63, 3.8) is 0 Å². The molecule has 1 N–H and O–H groups in total. The number of anilines is 2. The molecule has 1 aliphatic heterocycles.